The lowest BCUT2D eigenvalue weighted by Gasteiger charge is -2.09. The summed E-state index contributed by atoms with van der Waals surface area (Å²) in [6.07, 6.45) is -0.290. The summed E-state index contributed by atoms with van der Waals surface area (Å²) in [4.78, 5) is 10.4. The number of rotatable bonds is 4. The minimum absolute atomic E-state index is 0.0964. The van der Waals surface area contributed by atoms with Crippen LogP contribution in [-0.4, -0.2) is 24.7 Å². The van der Waals surface area contributed by atoms with Crippen molar-refractivity contribution < 1.29 is 27.5 Å². The van der Waals surface area contributed by atoms with Gasteiger partial charge in [0.15, 0.2) is 23.3 Å². The molecule has 0 saturated carbocycles. The number of likely N-dealkylation sites (N-methyl/N-ethyl adjacent to an activating group) is 1. The molecule has 0 unspecified atom stereocenters. The highest BCUT2D eigenvalue weighted by molar-refractivity contribution is 5.88. The van der Waals surface area contributed by atoms with E-state index in [-0.39, 0.29) is 13.0 Å². The maximum Gasteiger partial charge on any atom is 0.341 e. The fourth-order valence-corrected chi connectivity index (χ4v) is 1.33. The second-order valence-corrected chi connectivity index (χ2v) is 3.27. The molecule has 1 aromatic rings. The highest BCUT2D eigenvalue weighted by Gasteiger charge is 2.28. The molecule has 0 spiro atoms. The Morgan fingerprint density at radius 3 is 1.94 bits per heavy atom. The first-order valence-corrected chi connectivity index (χ1v) is 4.64. The SMILES string of the molecule is CNCCc1c(F)c(F)c(C(=O)O)c(F)c1F. The zero-order valence-electron chi connectivity index (χ0n) is 8.78. The molecular weight excluding hydrogens is 242 g/mol. The summed E-state index contributed by atoms with van der Waals surface area (Å²) in [7, 11) is 1.49. The van der Waals surface area contributed by atoms with E-state index in [9.17, 15) is 22.4 Å². The molecule has 1 aromatic carbocycles. The molecule has 0 radical (unpaired) electrons. The Balaban J connectivity index is 3.41. The topological polar surface area (TPSA) is 49.3 Å². The molecule has 0 aromatic heterocycles. The number of carboxylic acids is 1. The molecule has 0 fully saturated rings. The normalized spacial score (nSPS) is 10.6. The first-order chi connectivity index (χ1) is 7.91. The van der Waals surface area contributed by atoms with Crippen LogP contribution in [0.3, 0.4) is 0 Å². The largest absolute Gasteiger partial charge is 0.477 e. The monoisotopic (exact) mass is 251 g/mol. The van der Waals surface area contributed by atoms with Gasteiger partial charge in [0.2, 0.25) is 0 Å². The van der Waals surface area contributed by atoms with Crippen LogP contribution in [0.5, 0.6) is 0 Å². The summed E-state index contributed by atoms with van der Waals surface area (Å²) in [6.45, 7) is 0.0964. The Hall–Kier alpha value is -1.63. The average Bonchev–Trinajstić information content (AvgIpc) is 2.26. The van der Waals surface area contributed by atoms with Crippen LogP contribution in [-0.2, 0) is 6.42 Å². The Morgan fingerprint density at radius 1 is 1.12 bits per heavy atom. The third-order valence-corrected chi connectivity index (χ3v) is 2.19. The van der Waals surface area contributed by atoms with E-state index >= 15 is 0 Å². The zero-order valence-corrected chi connectivity index (χ0v) is 8.78. The average molecular weight is 251 g/mol. The molecule has 3 nitrogen and oxygen atoms in total. The van der Waals surface area contributed by atoms with Crippen LogP contribution in [0.1, 0.15) is 15.9 Å². The van der Waals surface area contributed by atoms with Crippen molar-refractivity contribution >= 4 is 5.97 Å². The van der Waals surface area contributed by atoms with Crippen LogP contribution in [0.2, 0.25) is 0 Å². The van der Waals surface area contributed by atoms with Crippen LogP contribution in [0, 0.1) is 23.3 Å². The van der Waals surface area contributed by atoms with Gasteiger partial charge >= 0.3 is 5.97 Å². The number of hydrogen-bond donors (Lipinski definition) is 2. The molecule has 0 aliphatic carbocycles. The molecule has 0 aliphatic heterocycles. The molecule has 94 valence electrons. The Labute approximate surface area is 94.1 Å². The number of hydrogen-bond acceptors (Lipinski definition) is 2. The van der Waals surface area contributed by atoms with Gasteiger partial charge in [-0.3, -0.25) is 0 Å². The van der Waals surface area contributed by atoms with Crippen molar-refractivity contribution in [3.8, 4) is 0 Å². The summed E-state index contributed by atoms with van der Waals surface area (Å²) >= 11 is 0. The molecular formula is C10H9F4NO2. The van der Waals surface area contributed by atoms with Gasteiger partial charge in [-0.25, -0.2) is 22.4 Å². The summed E-state index contributed by atoms with van der Waals surface area (Å²) in [5, 5.41) is 11.0. The van der Waals surface area contributed by atoms with Crippen LogP contribution in [0.25, 0.3) is 0 Å². The number of carboxylic acid groups (broad SMARTS) is 1. The lowest BCUT2D eigenvalue weighted by molar-refractivity contribution is 0.0683. The Kier molecular flexibility index (Phi) is 4.06. The molecule has 7 heteroatoms. The minimum Gasteiger partial charge on any atom is -0.477 e. The molecule has 17 heavy (non-hydrogen) atoms. The third-order valence-electron chi connectivity index (χ3n) is 2.19. The van der Waals surface area contributed by atoms with Gasteiger partial charge in [0.05, 0.1) is 0 Å². The van der Waals surface area contributed by atoms with Gasteiger partial charge in [-0.05, 0) is 20.0 Å². The smallest absolute Gasteiger partial charge is 0.341 e. The third kappa shape index (κ3) is 2.38. The molecule has 1 rings (SSSR count). The van der Waals surface area contributed by atoms with E-state index in [0.29, 0.717) is 0 Å². The van der Waals surface area contributed by atoms with Crippen molar-refractivity contribution in [1.82, 2.24) is 5.32 Å². The van der Waals surface area contributed by atoms with Gasteiger partial charge in [-0.1, -0.05) is 0 Å². The fourth-order valence-electron chi connectivity index (χ4n) is 1.33. The number of halogens is 4. The minimum atomic E-state index is -2.06. The van der Waals surface area contributed by atoms with Crippen molar-refractivity contribution in [2.75, 3.05) is 13.6 Å². The molecule has 0 heterocycles. The van der Waals surface area contributed by atoms with Gasteiger partial charge in [0.25, 0.3) is 0 Å². The highest BCUT2D eigenvalue weighted by atomic mass is 19.2. The van der Waals surface area contributed by atoms with Crippen LogP contribution in [0.15, 0.2) is 0 Å². The zero-order chi connectivity index (χ0) is 13.2. The number of carbonyl (C=O) groups is 1. The standard InChI is InChI=1S/C10H9F4NO2/c1-15-3-2-4-6(11)8(13)5(10(16)17)9(14)7(4)12/h15H,2-3H2,1H3,(H,16,17). The van der Waals surface area contributed by atoms with E-state index in [1.165, 1.54) is 7.05 Å². The van der Waals surface area contributed by atoms with Crippen molar-refractivity contribution in [2.45, 2.75) is 6.42 Å². The molecule has 0 bridgehead atoms. The molecule has 2 N–H and O–H groups in total. The van der Waals surface area contributed by atoms with E-state index in [1.54, 1.807) is 0 Å². The number of benzene rings is 1. The summed E-state index contributed by atoms with van der Waals surface area (Å²) in [5.74, 6) is -9.17. The number of aromatic carboxylic acids is 1. The molecule has 0 saturated heterocycles. The van der Waals surface area contributed by atoms with Crippen molar-refractivity contribution in [3.63, 3.8) is 0 Å². The van der Waals surface area contributed by atoms with Crippen molar-refractivity contribution in [1.29, 1.82) is 0 Å². The molecule has 0 atom stereocenters. The van der Waals surface area contributed by atoms with Crippen LogP contribution in [0.4, 0.5) is 17.6 Å². The summed E-state index contributed by atoms with van der Waals surface area (Å²) in [5.41, 5.74) is -2.42. The van der Waals surface area contributed by atoms with Crippen LogP contribution >= 0.6 is 0 Å². The quantitative estimate of drug-likeness (QED) is 0.632. The first-order valence-electron chi connectivity index (χ1n) is 4.64. The molecule has 0 amide bonds. The van der Waals surface area contributed by atoms with Crippen molar-refractivity contribution in [2.24, 2.45) is 0 Å². The summed E-state index contributed by atoms with van der Waals surface area (Å²) < 4.78 is 53.0. The lowest BCUT2D eigenvalue weighted by Crippen LogP contribution is -2.17. The van der Waals surface area contributed by atoms with Gasteiger partial charge in [0.1, 0.15) is 5.56 Å². The van der Waals surface area contributed by atoms with E-state index in [0.717, 1.165) is 0 Å². The second kappa shape index (κ2) is 5.13. The van der Waals surface area contributed by atoms with E-state index in [2.05, 4.69) is 5.32 Å². The first kappa shape index (κ1) is 13.4. The van der Waals surface area contributed by atoms with E-state index in [4.69, 9.17) is 5.11 Å². The van der Waals surface area contributed by atoms with E-state index < -0.39 is 40.4 Å². The predicted octanol–water partition coefficient (Wildman–Crippen LogP) is 1.70. The van der Waals surface area contributed by atoms with Gasteiger partial charge in [-0.2, -0.15) is 0 Å². The molecule has 0 aliphatic rings. The lowest BCUT2D eigenvalue weighted by atomic mass is 10.1. The van der Waals surface area contributed by atoms with Gasteiger partial charge < -0.3 is 10.4 Å². The van der Waals surface area contributed by atoms with E-state index in [1.807, 2.05) is 0 Å². The summed E-state index contributed by atoms with van der Waals surface area (Å²) in [6, 6.07) is 0. The predicted molar refractivity (Wildman–Crippen MR) is 50.9 cm³/mol. The Morgan fingerprint density at radius 2 is 1.59 bits per heavy atom. The highest BCUT2D eigenvalue weighted by Crippen LogP contribution is 2.24. The van der Waals surface area contributed by atoms with Gasteiger partial charge in [-0.15, -0.1) is 0 Å². The van der Waals surface area contributed by atoms with Crippen molar-refractivity contribution in [3.05, 3.63) is 34.4 Å². The second-order valence-electron chi connectivity index (χ2n) is 3.27. The maximum atomic E-state index is 13.3. The fraction of sp³-hybridized carbons (Fsp3) is 0.300. The number of nitrogens with one attached hydrogen (secondary N) is 1. The maximum absolute atomic E-state index is 13.3. The Bertz CT molecular complexity index is 433. The van der Waals surface area contributed by atoms with Crippen LogP contribution < -0.4 is 5.32 Å². The van der Waals surface area contributed by atoms with Gasteiger partial charge in [0, 0.05) is 5.56 Å².